The first-order valence-corrected chi connectivity index (χ1v) is 6.50. The molecule has 102 valence electrons. The topological polar surface area (TPSA) is 55.9 Å². The number of aromatic nitrogens is 3. The number of rotatable bonds is 5. The zero-order chi connectivity index (χ0) is 13.8. The van der Waals surface area contributed by atoms with Gasteiger partial charge in [0.1, 0.15) is 5.76 Å². The Labute approximate surface area is 117 Å². The molecule has 1 atom stereocenters. The van der Waals surface area contributed by atoms with E-state index in [1.54, 1.807) is 17.1 Å². The van der Waals surface area contributed by atoms with Crippen molar-refractivity contribution in [1.82, 2.24) is 20.3 Å². The average Bonchev–Trinajstić information content (AvgIpc) is 3.13. The van der Waals surface area contributed by atoms with E-state index in [0.717, 1.165) is 17.0 Å². The van der Waals surface area contributed by atoms with Crippen molar-refractivity contribution in [1.29, 1.82) is 0 Å². The number of hydrogen-bond acceptors (Lipinski definition) is 4. The van der Waals surface area contributed by atoms with Gasteiger partial charge in [0.25, 0.3) is 0 Å². The van der Waals surface area contributed by atoms with Crippen molar-refractivity contribution in [2.45, 2.75) is 12.6 Å². The molecule has 2 heterocycles. The summed E-state index contributed by atoms with van der Waals surface area (Å²) in [6.07, 6.45) is 3.45. The van der Waals surface area contributed by atoms with Gasteiger partial charge in [-0.05, 0) is 17.7 Å². The third-order valence-corrected chi connectivity index (χ3v) is 3.26. The van der Waals surface area contributed by atoms with E-state index in [0.29, 0.717) is 6.54 Å². The SMILES string of the molecule is Cn1nncc1CNC(c1ccccc1)c1ccco1. The summed E-state index contributed by atoms with van der Waals surface area (Å²) in [6.45, 7) is 0.670. The van der Waals surface area contributed by atoms with Gasteiger partial charge in [-0.3, -0.25) is 10.00 Å². The lowest BCUT2D eigenvalue weighted by atomic mass is 10.0. The van der Waals surface area contributed by atoms with Crippen molar-refractivity contribution in [2.24, 2.45) is 7.05 Å². The largest absolute Gasteiger partial charge is 0.467 e. The highest BCUT2D eigenvalue weighted by atomic mass is 16.3. The molecule has 3 aromatic rings. The number of nitrogens with one attached hydrogen (secondary N) is 1. The first kappa shape index (κ1) is 12.6. The van der Waals surface area contributed by atoms with E-state index in [9.17, 15) is 0 Å². The highest BCUT2D eigenvalue weighted by Crippen LogP contribution is 2.22. The number of aryl methyl sites for hydroxylation is 1. The maximum atomic E-state index is 5.55. The molecule has 5 heteroatoms. The van der Waals surface area contributed by atoms with Crippen LogP contribution in [0.4, 0.5) is 0 Å². The first-order chi connectivity index (χ1) is 9.84. The maximum absolute atomic E-state index is 5.55. The monoisotopic (exact) mass is 268 g/mol. The minimum absolute atomic E-state index is 0.0149. The maximum Gasteiger partial charge on any atom is 0.125 e. The van der Waals surface area contributed by atoms with Crippen LogP contribution in [0.5, 0.6) is 0 Å². The molecule has 0 saturated heterocycles. The second kappa shape index (κ2) is 5.71. The zero-order valence-corrected chi connectivity index (χ0v) is 11.2. The lowest BCUT2D eigenvalue weighted by Crippen LogP contribution is -2.22. The normalized spacial score (nSPS) is 12.4. The van der Waals surface area contributed by atoms with Crippen LogP contribution in [0, 0.1) is 0 Å². The summed E-state index contributed by atoms with van der Waals surface area (Å²) in [5, 5.41) is 11.3. The highest BCUT2D eigenvalue weighted by Gasteiger charge is 2.16. The van der Waals surface area contributed by atoms with Gasteiger partial charge in [0.2, 0.25) is 0 Å². The molecule has 3 rings (SSSR count). The van der Waals surface area contributed by atoms with Crippen molar-refractivity contribution < 1.29 is 4.42 Å². The molecule has 2 aromatic heterocycles. The third-order valence-electron chi connectivity index (χ3n) is 3.26. The van der Waals surface area contributed by atoms with Crippen molar-refractivity contribution in [3.63, 3.8) is 0 Å². The van der Waals surface area contributed by atoms with Crippen LogP contribution < -0.4 is 5.32 Å². The van der Waals surface area contributed by atoms with Crippen LogP contribution in [0.15, 0.2) is 59.3 Å². The van der Waals surface area contributed by atoms with E-state index in [2.05, 4.69) is 27.8 Å². The van der Waals surface area contributed by atoms with Crippen LogP contribution in [-0.4, -0.2) is 15.0 Å². The summed E-state index contributed by atoms with van der Waals surface area (Å²) in [5.41, 5.74) is 2.19. The molecule has 20 heavy (non-hydrogen) atoms. The van der Waals surface area contributed by atoms with Gasteiger partial charge in [0, 0.05) is 13.6 Å². The molecule has 0 amide bonds. The average molecular weight is 268 g/mol. The quantitative estimate of drug-likeness (QED) is 0.771. The molecular weight excluding hydrogens is 252 g/mol. The highest BCUT2D eigenvalue weighted by molar-refractivity contribution is 5.26. The second-order valence-electron chi connectivity index (χ2n) is 4.59. The molecule has 0 spiro atoms. The van der Waals surface area contributed by atoms with Gasteiger partial charge in [-0.2, -0.15) is 0 Å². The molecule has 1 aromatic carbocycles. The summed E-state index contributed by atoms with van der Waals surface area (Å²) in [7, 11) is 1.88. The number of benzene rings is 1. The molecule has 5 nitrogen and oxygen atoms in total. The molecule has 1 unspecified atom stereocenters. The minimum atomic E-state index is 0.0149. The molecule has 0 radical (unpaired) electrons. The smallest absolute Gasteiger partial charge is 0.125 e. The fraction of sp³-hybridized carbons (Fsp3) is 0.200. The van der Waals surface area contributed by atoms with E-state index in [4.69, 9.17) is 4.42 Å². The van der Waals surface area contributed by atoms with Gasteiger partial charge in [-0.15, -0.1) is 5.10 Å². The van der Waals surface area contributed by atoms with Crippen LogP contribution in [0.1, 0.15) is 23.1 Å². The zero-order valence-electron chi connectivity index (χ0n) is 11.2. The minimum Gasteiger partial charge on any atom is -0.467 e. The molecule has 0 saturated carbocycles. The Morgan fingerprint density at radius 1 is 1.20 bits per heavy atom. The summed E-state index contributed by atoms with van der Waals surface area (Å²) in [4.78, 5) is 0. The van der Waals surface area contributed by atoms with E-state index in [1.807, 2.05) is 37.4 Å². The van der Waals surface area contributed by atoms with Crippen LogP contribution in [0.2, 0.25) is 0 Å². The predicted molar refractivity (Wildman–Crippen MR) is 74.8 cm³/mol. The number of hydrogen-bond donors (Lipinski definition) is 1. The van der Waals surface area contributed by atoms with Crippen molar-refractivity contribution >= 4 is 0 Å². The van der Waals surface area contributed by atoms with E-state index < -0.39 is 0 Å². The molecular formula is C15H16N4O. The van der Waals surface area contributed by atoms with E-state index >= 15 is 0 Å². The fourth-order valence-electron chi connectivity index (χ4n) is 2.16. The van der Waals surface area contributed by atoms with E-state index in [-0.39, 0.29) is 6.04 Å². The van der Waals surface area contributed by atoms with Crippen LogP contribution >= 0.6 is 0 Å². The molecule has 0 fully saturated rings. The van der Waals surface area contributed by atoms with Gasteiger partial charge in [-0.25, -0.2) is 0 Å². The summed E-state index contributed by atoms with van der Waals surface area (Å²) in [5.74, 6) is 0.895. The molecule has 0 aliphatic rings. The van der Waals surface area contributed by atoms with Gasteiger partial charge in [-0.1, -0.05) is 35.5 Å². The lowest BCUT2D eigenvalue weighted by Gasteiger charge is -2.17. The third kappa shape index (κ3) is 2.62. The van der Waals surface area contributed by atoms with Gasteiger partial charge in [0.15, 0.2) is 0 Å². The van der Waals surface area contributed by atoms with Crippen molar-refractivity contribution in [3.05, 3.63) is 71.9 Å². The fourth-order valence-corrected chi connectivity index (χ4v) is 2.16. The standard InChI is InChI=1S/C15H16N4O/c1-19-13(11-17-18-19)10-16-15(14-8-5-9-20-14)12-6-3-2-4-7-12/h2-9,11,15-16H,10H2,1H3. The Morgan fingerprint density at radius 3 is 2.70 bits per heavy atom. The van der Waals surface area contributed by atoms with E-state index in [1.165, 1.54) is 0 Å². The van der Waals surface area contributed by atoms with Gasteiger partial charge in [0.05, 0.1) is 24.2 Å². The number of nitrogens with zero attached hydrogens (tertiary/aromatic N) is 3. The Bertz CT molecular complexity index is 646. The first-order valence-electron chi connectivity index (χ1n) is 6.50. The van der Waals surface area contributed by atoms with Crippen molar-refractivity contribution in [2.75, 3.05) is 0 Å². The van der Waals surface area contributed by atoms with Gasteiger partial charge >= 0.3 is 0 Å². The molecule has 0 bridgehead atoms. The van der Waals surface area contributed by atoms with Crippen LogP contribution in [0.3, 0.4) is 0 Å². The summed E-state index contributed by atoms with van der Waals surface area (Å²) in [6, 6.07) is 14.1. The lowest BCUT2D eigenvalue weighted by molar-refractivity contribution is 0.441. The summed E-state index contributed by atoms with van der Waals surface area (Å²) < 4.78 is 7.31. The molecule has 1 N–H and O–H groups in total. The van der Waals surface area contributed by atoms with Crippen LogP contribution in [0.25, 0.3) is 0 Å². The number of furan rings is 1. The van der Waals surface area contributed by atoms with Gasteiger partial charge < -0.3 is 4.42 Å². The Morgan fingerprint density at radius 2 is 2.05 bits per heavy atom. The molecule has 0 aliphatic heterocycles. The Hall–Kier alpha value is -2.40. The second-order valence-corrected chi connectivity index (χ2v) is 4.59. The van der Waals surface area contributed by atoms with Crippen molar-refractivity contribution in [3.8, 4) is 0 Å². The summed E-state index contributed by atoms with van der Waals surface area (Å²) >= 11 is 0. The predicted octanol–water partition coefficient (Wildman–Crippen LogP) is 2.29. The Balaban J connectivity index is 1.82. The molecule has 0 aliphatic carbocycles. The Kier molecular flexibility index (Phi) is 3.60. The van der Waals surface area contributed by atoms with Crippen LogP contribution in [-0.2, 0) is 13.6 Å².